The molecular formula is C13H24N2O4. The van der Waals surface area contributed by atoms with E-state index in [9.17, 15) is 14.7 Å². The van der Waals surface area contributed by atoms with E-state index in [2.05, 4.69) is 0 Å². The third-order valence-electron chi connectivity index (χ3n) is 3.57. The molecule has 1 aliphatic heterocycles. The fourth-order valence-corrected chi connectivity index (χ4v) is 2.44. The van der Waals surface area contributed by atoms with Gasteiger partial charge >= 0.3 is 5.97 Å². The Bertz CT molecular complexity index is 333. The number of aliphatic carboxylic acids is 1. The number of aliphatic hydroxyl groups excluding tert-OH is 1. The lowest BCUT2D eigenvalue weighted by Crippen LogP contribution is -2.43. The summed E-state index contributed by atoms with van der Waals surface area (Å²) >= 11 is 0. The van der Waals surface area contributed by atoms with Crippen molar-refractivity contribution in [2.75, 3.05) is 6.54 Å². The molecule has 19 heavy (non-hydrogen) atoms. The zero-order valence-electron chi connectivity index (χ0n) is 11.6. The van der Waals surface area contributed by atoms with Crippen LogP contribution in [0.1, 0.15) is 39.5 Å². The van der Waals surface area contributed by atoms with Gasteiger partial charge in [-0.25, -0.2) is 4.79 Å². The largest absolute Gasteiger partial charge is 0.480 e. The van der Waals surface area contributed by atoms with Crippen LogP contribution in [0, 0.1) is 5.92 Å². The second-order valence-electron chi connectivity index (χ2n) is 5.54. The monoisotopic (exact) mass is 272 g/mol. The summed E-state index contributed by atoms with van der Waals surface area (Å²) in [5, 5.41) is 18.6. The van der Waals surface area contributed by atoms with Crippen LogP contribution >= 0.6 is 0 Å². The number of nitrogens with two attached hydrogens (primary N) is 1. The molecule has 110 valence electrons. The van der Waals surface area contributed by atoms with E-state index in [0.717, 1.165) is 12.8 Å². The molecule has 0 aromatic rings. The van der Waals surface area contributed by atoms with E-state index in [1.807, 2.05) is 6.92 Å². The number of nitrogens with zero attached hydrogens (tertiary/aromatic N) is 1. The molecule has 0 radical (unpaired) electrons. The van der Waals surface area contributed by atoms with Crippen LogP contribution in [0.25, 0.3) is 0 Å². The zero-order chi connectivity index (χ0) is 14.6. The van der Waals surface area contributed by atoms with E-state index in [-0.39, 0.29) is 30.8 Å². The van der Waals surface area contributed by atoms with Crippen LogP contribution in [0.5, 0.6) is 0 Å². The Hall–Kier alpha value is -1.14. The van der Waals surface area contributed by atoms with Gasteiger partial charge in [0, 0.05) is 24.9 Å². The summed E-state index contributed by atoms with van der Waals surface area (Å²) in [5.74, 6) is -1.47. The summed E-state index contributed by atoms with van der Waals surface area (Å²) in [6.07, 6.45) is 1.77. The minimum Gasteiger partial charge on any atom is -0.480 e. The second kappa shape index (κ2) is 6.86. The number of rotatable bonds is 6. The lowest BCUT2D eigenvalue weighted by Gasteiger charge is -2.24. The minimum absolute atomic E-state index is 0.114. The van der Waals surface area contributed by atoms with Crippen molar-refractivity contribution >= 4 is 11.9 Å². The van der Waals surface area contributed by atoms with Crippen molar-refractivity contribution in [2.24, 2.45) is 11.7 Å². The highest BCUT2D eigenvalue weighted by atomic mass is 16.4. The Morgan fingerprint density at radius 3 is 2.53 bits per heavy atom. The fourth-order valence-electron chi connectivity index (χ4n) is 2.44. The van der Waals surface area contributed by atoms with Gasteiger partial charge in [-0.05, 0) is 19.8 Å². The van der Waals surface area contributed by atoms with Crippen molar-refractivity contribution in [2.45, 2.75) is 57.7 Å². The van der Waals surface area contributed by atoms with Gasteiger partial charge in [-0.3, -0.25) is 4.79 Å². The van der Waals surface area contributed by atoms with Crippen LogP contribution < -0.4 is 5.73 Å². The highest BCUT2D eigenvalue weighted by molar-refractivity contribution is 5.85. The maximum absolute atomic E-state index is 12.2. The van der Waals surface area contributed by atoms with Crippen molar-refractivity contribution in [3.63, 3.8) is 0 Å². The number of hydrogen-bond acceptors (Lipinski definition) is 4. The highest BCUT2D eigenvalue weighted by Crippen LogP contribution is 2.22. The molecule has 0 bridgehead atoms. The van der Waals surface area contributed by atoms with Crippen LogP contribution in [-0.2, 0) is 9.59 Å². The molecule has 0 aliphatic carbocycles. The van der Waals surface area contributed by atoms with E-state index >= 15 is 0 Å². The van der Waals surface area contributed by atoms with Crippen LogP contribution in [-0.4, -0.2) is 51.7 Å². The molecule has 0 saturated carbocycles. The molecule has 1 amide bonds. The fraction of sp³-hybridized carbons (Fsp3) is 0.846. The summed E-state index contributed by atoms with van der Waals surface area (Å²) in [6, 6.07) is -0.777. The van der Waals surface area contributed by atoms with E-state index in [1.54, 1.807) is 6.92 Å². The third kappa shape index (κ3) is 4.47. The molecule has 1 heterocycles. The number of carbonyl (C=O) groups excluding carboxylic acids is 1. The van der Waals surface area contributed by atoms with Crippen molar-refractivity contribution < 1.29 is 19.8 Å². The predicted octanol–water partition coefficient (Wildman–Crippen LogP) is 0.186. The van der Waals surface area contributed by atoms with Gasteiger partial charge in [0.2, 0.25) is 5.91 Å². The Labute approximate surface area is 113 Å². The number of hydrogen-bond donors (Lipinski definition) is 3. The number of carbonyl (C=O) groups is 2. The van der Waals surface area contributed by atoms with Gasteiger partial charge in [0.05, 0.1) is 6.10 Å². The van der Waals surface area contributed by atoms with Crippen LogP contribution in [0.4, 0.5) is 0 Å². The standard InChI is InChI=1S/C13H24N2O4/c1-8(4-3-5-9(2)14)12(17)15-7-10(16)6-11(15)13(18)19/h8-11,16H,3-7,14H2,1-2H3,(H,18,19)/t8?,9?,10-,11-/m0/s1. The molecule has 1 aliphatic rings. The molecule has 4 N–H and O–H groups in total. The first-order valence-corrected chi connectivity index (χ1v) is 6.79. The first-order valence-electron chi connectivity index (χ1n) is 6.79. The van der Waals surface area contributed by atoms with E-state index in [1.165, 1.54) is 4.90 Å². The van der Waals surface area contributed by atoms with E-state index < -0.39 is 18.1 Å². The molecule has 0 spiro atoms. The molecule has 2 unspecified atom stereocenters. The Balaban J connectivity index is 2.53. The lowest BCUT2D eigenvalue weighted by molar-refractivity contribution is -0.149. The maximum atomic E-state index is 12.2. The van der Waals surface area contributed by atoms with Crippen LogP contribution in [0.3, 0.4) is 0 Å². The van der Waals surface area contributed by atoms with Crippen molar-refractivity contribution in [1.29, 1.82) is 0 Å². The summed E-state index contributed by atoms with van der Waals surface area (Å²) in [4.78, 5) is 24.6. The first-order chi connectivity index (χ1) is 8.82. The molecule has 4 atom stereocenters. The topological polar surface area (TPSA) is 104 Å². The summed E-state index contributed by atoms with van der Waals surface area (Å²) in [7, 11) is 0. The molecular weight excluding hydrogens is 248 g/mol. The van der Waals surface area contributed by atoms with Gasteiger partial charge in [-0.15, -0.1) is 0 Å². The third-order valence-corrected chi connectivity index (χ3v) is 3.57. The van der Waals surface area contributed by atoms with Crippen molar-refractivity contribution in [3.8, 4) is 0 Å². The minimum atomic E-state index is -1.05. The van der Waals surface area contributed by atoms with Gasteiger partial charge in [-0.2, -0.15) is 0 Å². The molecule has 6 heteroatoms. The quantitative estimate of drug-likeness (QED) is 0.640. The number of carboxylic acids is 1. The number of amides is 1. The smallest absolute Gasteiger partial charge is 0.326 e. The van der Waals surface area contributed by atoms with Crippen molar-refractivity contribution in [1.82, 2.24) is 4.90 Å². The van der Waals surface area contributed by atoms with Gasteiger partial charge in [0.15, 0.2) is 0 Å². The van der Waals surface area contributed by atoms with Gasteiger partial charge < -0.3 is 20.8 Å². The molecule has 1 fully saturated rings. The maximum Gasteiger partial charge on any atom is 0.326 e. The van der Waals surface area contributed by atoms with Gasteiger partial charge in [0.25, 0.3) is 0 Å². The van der Waals surface area contributed by atoms with Crippen LogP contribution in [0.2, 0.25) is 0 Å². The zero-order valence-corrected chi connectivity index (χ0v) is 11.6. The summed E-state index contributed by atoms with van der Waals surface area (Å²) < 4.78 is 0. The number of β-amino-alcohol motifs (C(OH)–C–C–N with tert-alkyl or cyclic N) is 1. The highest BCUT2D eigenvalue weighted by Gasteiger charge is 2.39. The average molecular weight is 272 g/mol. The number of carboxylic acid groups (broad SMARTS) is 1. The number of aliphatic hydroxyl groups is 1. The first kappa shape index (κ1) is 15.9. The normalized spacial score (nSPS) is 26.2. The SMILES string of the molecule is CC(N)CCCC(C)C(=O)N1C[C@@H](O)C[C@H]1C(=O)O. The van der Waals surface area contributed by atoms with Crippen molar-refractivity contribution in [3.05, 3.63) is 0 Å². The molecule has 0 aromatic heterocycles. The molecule has 1 rings (SSSR count). The Morgan fingerprint density at radius 1 is 1.37 bits per heavy atom. The second-order valence-corrected chi connectivity index (χ2v) is 5.54. The average Bonchev–Trinajstić information content (AvgIpc) is 2.69. The Morgan fingerprint density at radius 2 is 2.00 bits per heavy atom. The predicted molar refractivity (Wildman–Crippen MR) is 70.4 cm³/mol. The summed E-state index contributed by atoms with van der Waals surface area (Å²) in [6.45, 7) is 3.84. The van der Waals surface area contributed by atoms with Crippen LogP contribution in [0.15, 0.2) is 0 Å². The molecule has 1 saturated heterocycles. The molecule has 6 nitrogen and oxygen atoms in total. The lowest BCUT2D eigenvalue weighted by atomic mass is 10.0. The van der Waals surface area contributed by atoms with Gasteiger partial charge in [-0.1, -0.05) is 13.3 Å². The Kier molecular flexibility index (Phi) is 5.75. The number of likely N-dealkylation sites (tertiary alicyclic amines) is 1. The van der Waals surface area contributed by atoms with E-state index in [0.29, 0.717) is 6.42 Å². The van der Waals surface area contributed by atoms with Gasteiger partial charge in [0.1, 0.15) is 6.04 Å². The van der Waals surface area contributed by atoms with E-state index in [4.69, 9.17) is 10.8 Å². The summed E-state index contributed by atoms with van der Waals surface area (Å²) in [5.41, 5.74) is 5.65. The molecule has 0 aromatic carbocycles.